The molecule has 0 aromatic carbocycles. The lowest BCUT2D eigenvalue weighted by Gasteiger charge is -2.39. The van der Waals surface area contributed by atoms with Gasteiger partial charge in [-0.2, -0.15) is 11.8 Å². The number of aliphatic hydroxyl groups excluding tert-OH is 1. The summed E-state index contributed by atoms with van der Waals surface area (Å²) in [5.74, 6) is 2.12. The van der Waals surface area contributed by atoms with Crippen LogP contribution in [-0.4, -0.2) is 42.5 Å². The van der Waals surface area contributed by atoms with E-state index < -0.39 is 0 Å². The minimum absolute atomic E-state index is 0.174. The minimum Gasteiger partial charge on any atom is -0.392 e. The minimum atomic E-state index is -0.304. The van der Waals surface area contributed by atoms with E-state index in [4.69, 9.17) is 10.5 Å². The van der Waals surface area contributed by atoms with E-state index in [1.54, 1.807) is 0 Å². The van der Waals surface area contributed by atoms with E-state index in [1.807, 2.05) is 11.8 Å². The lowest BCUT2D eigenvalue weighted by Crippen LogP contribution is -2.48. The average Bonchev–Trinajstić information content (AvgIpc) is 2.30. The van der Waals surface area contributed by atoms with Crippen molar-refractivity contribution in [3.63, 3.8) is 0 Å². The van der Waals surface area contributed by atoms with Gasteiger partial charge in [0.15, 0.2) is 0 Å². The van der Waals surface area contributed by atoms with Crippen molar-refractivity contribution in [2.45, 2.75) is 32.3 Å². The SMILES string of the molecule is CCSCCC(O)C1(CN)CCCOC1. The molecule has 0 aromatic rings. The van der Waals surface area contributed by atoms with Crippen LogP contribution in [0.5, 0.6) is 0 Å². The fourth-order valence-corrected chi connectivity index (χ4v) is 2.76. The molecule has 1 aliphatic rings. The van der Waals surface area contributed by atoms with Gasteiger partial charge in [-0.15, -0.1) is 0 Å². The Labute approximate surface area is 96.8 Å². The largest absolute Gasteiger partial charge is 0.392 e. The van der Waals surface area contributed by atoms with Crippen molar-refractivity contribution in [3.05, 3.63) is 0 Å². The van der Waals surface area contributed by atoms with Gasteiger partial charge in [0, 0.05) is 18.6 Å². The molecule has 0 aliphatic carbocycles. The lowest BCUT2D eigenvalue weighted by molar-refractivity contribution is -0.0767. The Kier molecular flexibility index (Phi) is 5.97. The highest BCUT2D eigenvalue weighted by Gasteiger charge is 2.38. The molecular formula is C11H23NO2S. The number of ether oxygens (including phenoxy) is 1. The topological polar surface area (TPSA) is 55.5 Å². The third-order valence-corrected chi connectivity index (χ3v) is 4.14. The van der Waals surface area contributed by atoms with Gasteiger partial charge in [0.25, 0.3) is 0 Å². The lowest BCUT2D eigenvalue weighted by atomic mass is 9.76. The van der Waals surface area contributed by atoms with Crippen LogP contribution < -0.4 is 5.73 Å². The highest BCUT2D eigenvalue weighted by Crippen LogP contribution is 2.33. The summed E-state index contributed by atoms with van der Waals surface area (Å²) in [7, 11) is 0. The van der Waals surface area contributed by atoms with Crippen LogP contribution in [0, 0.1) is 5.41 Å². The van der Waals surface area contributed by atoms with Crippen LogP contribution in [-0.2, 0) is 4.74 Å². The van der Waals surface area contributed by atoms with E-state index in [0.29, 0.717) is 13.2 Å². The number of aliphatic hydroxyl groups is 1. The maximum atomic E-state index is 10.2. The van der Waals surface area contributed by atoms with E-state index in [0.717, 1.165) is 37.4 Å². The van der Waals surface area contributed by atoms with Crippen molar-refractivity contribution in [1.82, 2.24) is 0 Å². The van der Waals surface area contributed by atoms with Gasteiger partial charge < -0.3 is 15.6 Å². The summed E-state index contributed by atoms with van der Waals surface area (Å²) < 4.78 is 5.46. The van der Waals surface area contributed by atoms with Gasteiger partial charge in [0.05, 0.1) is 12.7 Å². The third kappa shape index (κ3) is 3.63. The molecule has 2 unspecified atom stereocenters. The zero-order valence-electron chi connectivity index (χ0n) is 9.58. The van der Waals surface area contributed by atoms with E-state index in [9.17, 15) is 5.11 Å². The molecule has 3 nitrogen and oxygen atoms in total. The maximum Gasteiger partial charge on any atom is 0.0638 e. The highest BCUT2D eigenvalue weighted by atomic mass is 32.2. The van der Waals surface area contributed by atoms with Crippen molar-refractivity contribution < 1.29 is 9.84 Å². The first-order valence-corrected chi connectivity index (χ1v) is 6.94. The van der Waals surface area contributed by atoms with Crippen LogP contribution >= 0.6 is 11.8 Å². The second kappa shape index (κ2) is 6.74. The summed E-state index contributed by atoms with van der Waals surface area (Å²) in [6.45, 7) is 4.12. The van der Waals surface area contributed by atoms with Crippen molar-refractivity contribution in [2.75, 3.05) is 31.3 Å². The molecule has 0 aromatic heterocycles. The summed E-state index contributed by atoms with van der Waals surface area (Å²) in [6.07, 6.45) is 2.55. The molecule has 90 valence electrons. The first-order valence-electron chi connectivity index (χ1n) is 5.79. The van der Waals surface area contributed by atoms with Crippen molar-refractivity contribution >= 4 is 11.8 Å². The number of thioether (sulfide) groups is 1. The second-order valence-electron chi connectivity index (χ2n) is 4.22. The van der Waals surface area contributed by atoms with Crippen molar-refractivity contribution in [1.29, 1.82) is 0 Å². The molecule has 2 atom stereocenters. The number of hydrogen-bond acceptors (Lipinski definition) is 4. The number of nitrogens with two attached hydrogens (primary N) is 1. The van der Waals surface area contributed by atoms with Crippen molar-refractivity contribution in [3.8, 4) is 0 Å². The van der Waals surface area contributed by atoms with Gasteiger partial charge in [-0.25, -0.2) is 0 Å². The fourth-order valence-electron chi connectivity index (χ4n) is 2.08. The fraction of sp³-hybridized carbons (Fsp3) is 1.00. The summed E-state index contributed by atoms with van der Waals surface area (Å²) in [6, 6.07) is 0. The summed E-state index contributed by atoms with van der Waals surface area (Å²) in [4.78, 5) is 0. The van der Waals surface area contributed by atoms with Gasteiger partial charge in [-0.3, -0.25) is 0 Å². The van der Waals surface area contributed by atoms with Gasteiger partial charge in [0.1, 0.15) is 0 Å². The average molecular weight is 233 g/mol. The summed E-state index contributed by atoms with van der Waals surface area (Å²) in [5, 5.41) is 10.2. The molecule has 3 N–H and O–H groups in total. The van der Waals surface area contributed by atoms with E-state index >= 15 is 0 Å². The first kappa shape index (κ1) is 13.3. The number of hydrogen-bond donors (Lipinski definition) is 2. The Morgan fingerprint density at radius 1 is 1.60 bits per heavy atom. The maximum absolute atomic E-state index is 10.2. The van der Waals surface area contributed by atoms with Crippen LogP contribution in [0.15, 0.2) is 0 Å². The highest BCUT2D eigenvalue weighted by molar-refractivity contribution is 7.99. The molecule has 0 amide bonds. The molecule has 1 fully saturated rings. The number of rotatable bonds is 6. The molecule has 1 aliphatic heterocycles. The van der Waals surface area contributed by atoms with E-state index in [1.165, 1.54) is 0 Å². The molecular weight excluding hydrogens is 210 g/mol. The third-order valence-electron chi connectivity index (χ3n) is 3.21. The van der Waals surface area contributed by atoms with Crippen LogP contribution in [0.3, 0.4) is 0 Å². The van der Waals surface area contributed by atoms with Crippen LogP contribution in [0.1, 0.15) is 26.2 Å². The molecule has 1 saturated heterocycles. The van der Waals surface area contributed by atoms with E-state index in [2.05, 4.69) is 6.92 Å². The Balaban J connectivity index is 2.40. The Morgan fingerprint density at radius 2 is 2.40 bits per heavy atom. The van der Waals surface area contributed by atoms with E-state index in [-0.39, 0.29) is 11.5 Å². The first-order chi connectivity index (χ1) is 7.25. The van der Waals surface area contributed by atoms with Gasteiger partial charge in [-0.05, 0) is 30.8 Å². The molecule has 0 saturated carbocycles. The molecule has 4 heteroatoms. The second-order valence-corrected chi connectivity index (χ2v) is 5.62. The molecule has 0 radical (unpaired) electrons. The Morgan fingerprint density at radius 3 is 2.93 bits per heavy atom. The monoisotopic (exact) mass is 233 g/mol. The van der Waals surface area contributed by atoms with Gasteiger partial charge in [-0.1, -0.05) is 6.92 Å². The zero-order chi connectivity index (χ0) is 11.1. The van der Waals surface area contributed by atoms with Crippen LogP contribution in [0.4, 0.5) is 0 Å². The zero-order valence-corrected chi connectivity index (χ0v) is 10.4. The van der Waals surface area contributed by atoms with Gasteiger partial charge >= 0.3 is 0 Å². The molecule has 15 heavy (non-hydrogen) atoms. The van der Waals surface area contributed by atoms with Gasteiger partial charge in [0.2, 0.25) is 0 Å². The van der Waals surface area contributed by atoms with Crippen molar-refractivity contribution in [2.24, 2.45) is 11.1 Å². The summed E-state index contributed by atoms with van der Waals surface area (Å²) >= 11 is 1.87. The smallest absolute Gasteiger partial charge is 0.0638 e. The van der Waals surface area contributed by atoms with Crippen LogP contribution in [0.25, 0.3) is 0 Å². The molecule has 1 rings (SSSR count). The molecule has 0 spiro atoms. The standard InChI is InChI=1S/C11H23NO2S/c1-2-15-7-4-10(13)11(8-12)5-3-6-14-9-11/h10,13H,2-9,12H2,1H3. The molecule has 0 bridgehead atoms. The summed E-state index contributed by atoms with van der Waals surface area (Å²) in [5.41, 5.74) is 5.62. The predicted octanol–water partition coefficient (Wildman–Crippen LogP) is 1.25. The predicted molar refractivity (Wildman–Crippen MR) is 65.2 cm³/mol. The Bertz CT molecular complexity index is 172. The quantitative estimate of drug-likeness (QED) is 0.678. The van der Waals surface area contributed by atoms with Crippen LogP contribution in [0.2, 0.25) is 0 Å². The molecule has 1 heterocycles. The Hall–Kier alpha value is 0.230. The normalized spacial score (nSPS) is 29.0.